The molecule has 8 heteroatoms. The molecular formula is C30H31FN2O4S. The van der Waals surface area contributed by atoms with Crippen LogP contribution in [0, 0.1) is 17.7 Å². The van der Waals surface area contributed by atoms with Gasteiger partial charge in [0, 0.05) is 42.8 Å². The number of carbonyl (C=O) groups excluding carboxylic acids is 2. The Morgan fingerprint density at radius 3 is 2.13 bits per heavy atom. The molecular weight excluding hydrogens is 503 g/mol. The van der Waals surface area contributed by atoms with Crippen molar-refractivity contribution in [2.24, 2.45) is 11.8 Å². The Hall–Kier alpha value is -3.52. The molecule has 1 saturated heterocycles. The average molecular weight is 535 g/mol. The summed E-state index contributed by atoms with van der Waals surface area (Å²) in [6, 6.07) is 19.2. The van der Waals surface area contributed by atoms with Crippen LogP contribution in [0.25, 0.3) is 11.1 Å². The quantitative estimate of drug-likeness (QED) is 0.423. The maximum absolute atomic E-state index is 14.2. The first kappa shape index (κ1) is 26.1. The molecule has 3 aromatic carbocycles. The molecule has 6 nitrogen and oxygen atoms in total. The number of nitrogens with one attached hydrogen (secondary N) is 1. The summed E-state index contributed by atoms with van der Waals surface area (Å²) in [4.78, 5) is 27.4. The van der Waals surface area contributed by atoms with Gasteiger partial charge in [-0.3, -0.25) is 9.59 Å². The molecule has 1 saturated carbocycles. The minimum Gasteiger partial charge on any atom is -0.348 e. The van der Waals surface area contributed by atoms with Crippen molar-refractivity contribution in [1.82, 2.24) is 10.2 Å². The number of amides is 2. The van der Waals surface area contributed by atoms with Crippen LogP contribution in [-0.4, -0.2) is 50.5 Å². The Labute approximate surface area is 222 Å². The minimum atomic E-state index is -3.56. The van der Waals surface area contributed by atoms with Crippen LogP contribution in [0.15, 0.2) is 71.6 Å². The summed E-state index contributed by atoms with van der Waals surface area (Å²) in [7, 11) is -3.56. The third kappa shape index (κ3) is 5.36. The Balaban J connectivity index is 1.17. The van der Waals surface area contributed by atoms with Crippen LogP contribution in [0.5, 0.6) is 0 Å². The van der Waals surface area contributed by atoms with Crippen molar-refractivity contribution in [2.45, 2.75) is 37.1 Å². The molecule has 1 aliphatic carbocycles. The zero-order valence-electron chi connectivity index (χ0n) is 21.5. The number of benzene rings is 3. The lowest BCUT2D eigenvalue weighted by atomic mass is 10.0. The first-order valence-corrected chi connectivity index (χ1v) is 14.8. The van der Waals surface area contributed by atoms with E-state index < -0.39 is 21.6 Å². The molecule has 0 aromatic heterocycles. The van der Waals surface area contributed by atoms with E-state index in [1.54, 1.807) is 4.90 Å². The van der Waals surface area contributed by atoms with E-state index in [4.69, 9.17) is 0 Å². The standard InChI is InChI=1S/C30H31FN2O4S/c1-3-4-5-19-6-8-20(9-7-19)21-10-12-22(13-11-21)30(35)33-17-25-26(18-33)28(25)32-29(34)24-16-23(38(2,36)37)14-15-27(24)31/h6-16,25-26,28H,3-5,17-18H2,1-2H3,(H,32,34)/t25-,26+,28?. The fraction of sp³-hybridized carbons (Fsp3) is 0.333. The molecule has 2 aliphatic rings. The first-order chi connectivity index (χ1) is 18.2. The number of halogens is 1. The number of nitrogens with zero attached hydrogens (tertiary/aromatic N) is 1. The monoisotopic (exact) mass is 534 g/mol. The summed E-state index contributed by atoms with van der Waals surface area (Å²) < 4.78 is 37.8. The highest BCUT2D eigenvalue weighted by Gasteiger charge is 2.57. The molecule has 5 rings (SSSR count). The van der Waals surface area contributed by atoms with Crippen LogP contribution in [0.3, 0.4) is 0 Å². The van der Waals surface area contributed by atoms with E-state index in [1.807, 2.05) is 24.3 Å². The van der Waals surface area contributed by atoms with Crippen LogP contribution in [-0.2, 0) is 16.3 Å². The third-order valence-electron chi connectivity index (χ3n) is 7.63. The molecule has 3 atom stereocenters. The number of hydrogen-bond acceptors (Lipinski definition) is 4. The molecule has 1 N–H and O–H groups in total. The number of fused-ring (bicyclic) bond motifs is 1. The molecule has 3 aromatic rings. The summed E-state index contributed by atoms with van der Waals surface area (Å²) in [5, 5.41) is 2.82. The lowest BCUT2D eigenvalue weighted by Crippen LogP contribution is -2.37. The van der Waals surface area contributed by atoms with Crippen molar-refractivity contribution in [3.8, 4) is 11.1 Å². The van der Waals surface area contributed by atoms with Crippen LogP contribution in [0.1, 0.15) is 46.0 Å². The van der Waals surface area contributed by atoms with Crippen molar-refractivity contribution < 1.29 is 22.4 Å². The van der Waals surface area contributed by atoms with Gasteiger partial charge in [0.1, 0.15) is 5.82 Å². The number of likely N-dealkylation sites (tertiary alicyclic amines) is 1. The fourth-order valence-electron chi connectivity index (χ4n) is 5.28. The lowest BCUT2D eigenvalue weighted by Gasteiger charge is -2.20. The highest BCUT2D eigenvalue weighted by atomic mass is 32.2. The SMILES string of the molecule is CCCCc1ccc(-c2ccc(C(=O)N3C[C@@H]4C(NC(=O)c5cc(S(C)(=O)=O)ccc5F)[C@@H]4C3)cc2)cc1. The van der Waals surface area contributed by atoms with Crippen molar-refractivity contribution in [3.63, 3.8) is 0 Å². The molecule has 2 fully saturated rings. The van der Waals surface area contributed by atoms with E-state index in [0.717, 1.165) is 42.0 Å². The number of aryl methyl sites for hydroxylation is 1. The van der Waals surface area contributed by atoms with Crippen LogP contribution in [0.2, 0.25) is 0 Å². The summed E-state index contributed by atoms with van der Waals surface area (Å²) in [5.41, 5.74) is 3.83. The molecule has 198 valence electrons. The maximum Gasteiger partial charge on any atom is 0.254 e. The van der Waals surface area contributed by atoms with E-state index >= 15 is 0 Å². The van der Waals surface area contributed by atoms with Gasteiger partial charge < -0.3 is 10.2 Å². The molecule has 1 unspecified atom stereocenters. The highest BCUT2D eigenvalue weighted by molar-refractivity contribution is 7.90. The van der Waals surface area contributed by atoms with Gasteiger partial charge in [0.2, 0.25) is 0 Å². The number of hydrogen-bond donors (Lipinski definition) is 1. The molecule has 1 heterocycles. The number of sulfone groups is 1. The second-order valence-corrected chi connectivity index (χ2v) is 12.3. The second-order valence-electron chi connectivity index (χ2n) is 10.3. The third-order valence-corrected chi connectivity index (χ3v) is 8.74. The number of unbranched alkanes of at least 4 members (excludes halogenated alkanes) is 1. The van der Waals surface area contributed by atoms with Gasteiger partial charge in [0.15, 0.2) is 9.84 Å². The maximum atomic E-state index is 14.2. The molecule has 0 radical (unpaired) electrons. The predicted octanol–water partition coefficient (Wildman–Crippen LogP) is 4.74. The topological polar surface area (TPSA) is 83.6 Å². The summed E-state index contributed by atoms with van der Waals surface area (Å²) in [6.45, 7) is 3.22. The fourth-order valence-corrected chi connectivity index (χ4v) is 5.92. The van der Waals surface area contributed by atoms with Crippen LogP contribution < -0.4 is 5.32 Å². The second kappa shape index (κ2) is 10.3. The molecule has 38 heavy (non-hydrogen) atoms. The Morgan fingerprint density at radius 1 is 0.947 bits per heavy atom. The smallest absolute Gasteiger partial charge is 0.254 e. The van der Waals surface area contributed by atoms with Gasteiger partial charge in [-0.05, 0) is 59.9 Å². The highest BCUT2D eigenvalue weighted by Crippen LogP contribution is 2.46. The summed E-state index contributed by atoms with van der Waals surface area (Å²) >= 11 is 0. The van der Waals surface area contributed by atoms with Gasteiger partial charge >= 0.3 is 0 Å². The summed E-state index contributed by atoms with van der Waals surface area (Å²) in [5.74, 6) is -1.24. The lowest BCUT2D eigenvalue weighted by molar-refractivity contribution is 0.0769. The Bertz CT molecular complexity index is 1460. The number of carbonyl (C=O) groups is 2. The zero-order chi connectivity index (χ0) is 27.0. The predicted molar refractivity (Wildman–Crippen MR) is 144 cm³/mol. The van der Waals surface area contributed by atoms with Gasteiger partial charge in [-0.2, -0.15) is 0 Å². The van der Waals surface area contributed by atoms with Crippen molar-refractivity contribution in [1.29, 1.82) is 0 Å². The minimum absolute atomic E-state index is 0.0457. The van der Waals surface area contributed by atoms with E-state index in [0.29, 0.717) is 18.7 Å². The van der Waals surface area contributed by atoms with Gasteiger partial charge in [-0.25, -0.2) is 12.8 Å². The van der Waals surface area contributed by atoms with E-state index in [-0.39, 0.29) is 34.2 Å². The molecule has 0 bridgehead atoms. The molecule has 2 amide bonds. The zero-order valence-corrected chi connectivity index (χ0v) is 22.3. The van der Waals surface area contributed by atoms with Crippen LogP contribution in [0.4, 0.5) is 4.39 Å². The molecule has 0 spiro atoms. The van der Waals surface area contributed by atoms with E-state index in [2.05, 4.69) is 36.5 Å². The van der Waals surface area contributed by atoms with Gasteiger partial charge in [-0.15, -0.1) is 0 Å². The molecule has 1 aliphatic heterocycles. The Morgan fingerprint density at radius 2 is 1.55 bits per heavy atom. The number of piperidine rings is 1. The van der Waals surface area contributed by atoms with Crippen molar-refractivity contribution in [2.75, 3.05) is 19.3 Å². The van der Waals surface area contributed by atoms with Gasteiger partial charge in [-0.1, -0.05) is 49.7 Å². The van der Waals surface area contributed by atoms with Crippen molar-refractivity contribution >= 4 is 21.7 Å². The normalized spacial score (nSPS) is 20.2. The van der Waals surface area contributed by atoms with Gasteiger partial charge in [0.05, 0.1) is 10.5 Å². The van der Waals surface area contributed by atoms with Crippen LogP contribution >= 0.6 is 0 Å². The summed E-state index contributed by atoms with van der Waals surface area (Å²) in [6.07, 6.45) is 4.45. The average Bonchev–Trinajstić information content (AvgIpc) is 3.33. The number of rotatable bonds is 8. The van der Waals surface area contributed by atoms with Gasteiger partial charge in [0.25, 0.3) is 11.8 Å². The first-order valence-electron chi connectivity index (χ1n) is 12.9. The van der Waals surface area contributed by atoms with Crippen molar-refractivity contribution in [3.05, 3.63) is 89.2 Å². The largest absolute Gasteiger partial charge is 0.348 e. The Kier molecular flexibility index (Phi) is 7.09. The van der Waals surface area contributed by atoms with E-state index in [1.165, 1.54) is 18.4 Å². The van der Waals surface area contributed by atoms with E-state index in [9.17, 15) is 22.4 Å².